The molecule has 1 saturated heterocycles. The van der Waals surface area contributed by atoms with Gasteiger partial charge in [-0.15, -0.1) is 0 Å². The van der Waals surface area contributed by atoms with Crippen molar-refractivity contribution in [2.24, 2.45) is 5.92 Å². The first-order valence-corrected chi connectivity index (χ1v) is 8.92. The molecule has 2 aromatic rings. The number of nitrogens with zero attached hydrogens (tertiary/aromatic N) is 2. The molecule has 1 amide bonds. The molecular formula is C19H20ClN3O3. The number of benzene rings is 2. The molecule has 1 N–H and O–H groups in total. The Morgan fingerprint density at radius 2 is 1.85 bits per heavy atom. The minimum atomic E-state index is -0.554. The van der Waals surface area contributed by atoms with Crippen LogP contribution in [0.4, 0.5) is 17.1 Å². The maximum absolute atomic E-state index is 12.4. The number of rotatable bonds is 4. The Balaban J connectivity index is 1.70. The van der Waals surface area contributed by atoms with Crippen molar-refractivity contribution in [1.82, 2.24) is 0 Å². The summed E-state index contributed by atoms with van der Waals surface area (Å²) in [6.07, 6.45) is 2.37. The number of anilines is 2. The molecule has 6 nitrogen and oxygen atoms in total. The lowest BCUT2D eigenvalue weighted by atomic mass is 9.99. The zero-order valence-corrected chi connectivity index (χ0v) is 15.2. The summed E-state index contributed by atoms with van der Waals surface area (Å²) >= 11 is 6.01. The molecule has 26 heavy (non-hydrogen) atoms. The molecule has 0 spiro atoms. The van der Waals surface area contributed by atoms with E-state index in [4.69, 9.17) is 11.6 Å². The fraction of sp³-hybridized carbons (Fsp3) is 0.316. The molecule has 1 heterocycles. The van der Waals surface area contributed by atoms with Gasteiger partial charge in [-0.2, -0.15) is 0 Å². The third-order valence-corrected chi connectivity index (χ3v) is 5.01. The van der Waals surface area contributed by atoms with E-state index in [1.54, 1.807) is 0 Å². The van der Waals surface area contributed by atoms with Gasteiger partial charge < -0.3 is 10.2 Å². The zero-order valence-electron chi connectivity index (χ0n) is 14.4. The van der Waals surface area contributed by atoms with Crippen molar-refractivity contribution >= 4 is 34.6 Å². The third-order valence-electron chi connectivity index (χ3n) is 4.68. The Morgan fingerprint density at radius 3 is 2.46 bits per heavy atom. The molecule has 1 aliphatic heterocycles. The average molecular weight is 374 g/mol. The lowest BCUT2D eigenvalue weighted by Gasteiger charge is -2.32. The van der Waals surface area contributed by atoms with Gasteiger partial charge >= 0.3 is 0 Å². The normalized spacial score (nSPS) is 14.9. The van der Waals surface area contributed by atoms with Gasteiger partial charge in [-0.25, -0.2) is 0 Å². The molecule has 3 rings (SSSR count). The molecule has 0 aliphatic carbocycles. The highest BCUT2D eigenvalue weighted by atomic mass is 35.5. The molecule has 7 heteroatoms. The Kier molecular flexibility index (Phi) is 5.42. The van der Waals surface area contributed by atoms with Gasteiger partial charge in [0.05, 0.1) is 15.5 Å². The van der Waals surface area contributed by atoms with Crippen LogP contribution in [0.5, 0.6) is 0 Å². The molecular weight excluding hydrogens is 354 g/mol. The first kappa shape index (κ1) is 18.2. The Bertz CT molecular complexity index is 815. The Hall–Kier alpha value is -2.60. The molecule has 136 valence electrons. The van der Waals surface area contributed by atoms with Crippen LogP contribution in [0.3, 0.4) is 0 Å². The lowest BCUT2D eigenvalue weighted by molar-refractivity contribution is -0.384. The van der Waals surface area contributed by atoms with Crippen molar-refractivity contribution in [2.45, 2.75) is 19.8 Å². The van der Waals surface area contributed by atoms with Gasteiger partial charge in [0.15, 0.2) is 0 Å². The second-order valence-electron chi connectivity index (χ2n) is 6.59. The van der Waals surface area contributed by atoms with Crippen molar-refractivity contribution in [3.05, 3.63) is 63.2 Å². The summed E-state index contributed by atoms with van der Waals surface area (Å²) in [5, 5.41) is 13.8. The average Bonchev–Trinajstić information content (AvgIpc) is 2.63. The number of nitrogens with one attached hydrogen (secondary N) is 1. The topological polar surface area (TPSA) is 75.5 Å². The van der Waals surface area contributed by atoms with Crippen LogP contribution in [-0.4, -0.2) is 23.9 Å². The lowest BCUT2D eigenvalue weighted by Crippen LogP contribution is -2.32. The number of amides is 1. The van der Waals surface area contributed by atoms with Crippen LogP contribution in [0.25, 0.3) is 0 Å². The van der Waals surface area contributed by atoms with Crippen LogP contribution in [0, 0.1) is 16.0 Å². The number of carbonyl (C=O) groups excluding carboxylic acids is 1. The van der Waals surface area contributed by atoms with Crippen molar-refractivity contribution in [3.63, 3.8) is 0 Å². The molecule has 2 aromatic carbocycles. The second kappa shape index (κ2) is 7.74. The number of nitro benzene ring substituents is 1. The van der Waals surface area contributed by atoms with E-state index in [9.17, 15) is 14.9 Å². The highest BCUT2D eigenvalue weighted by molar-refractivity contribution is 6.34. The van der Waals surface area contributed by atoms with E-state index in [1.807, 2.05) is 24.3 Å². The van der Waals surface area contributed by atoms with Gasteiger partial charge in [0.1, 0.15) is 0 Å². The number of non-ortho nitro benzene ring substituents is 1. The van der Waals surface area contributed by atoms with Gasteiger partial charge in [-0.05, 0) is 49.1 Å². The van der Waals surface area contributed by atoms with Crippen LogP contribution in [0.1, 0.15) is 30.1 Å². The van der Waals surface area contributed by atoms with Gasteiger partial charge in [0, 0.05) is 36.6 Å². The Labute approximate surface area is 156 Å². The first-order chi connectivity index (χ1) is 12.4. The van der Waals surface area contributed by atoms with E-state index in [0.29, 0.717) is 5.69 Å². The molecule has 0 atom stereocenters. The molecule has 1 fully saturated rings. The number of halogens is 1. The smallest absolute Gasteiger partial charge is 0.270 e. The highest BCUT2D eigenvalue weighted by Gasteiger charge is 2.17. The quantitative estimate of drug-likeness (QED) is 0.620. The summed E-state index contributed by atoms with van der Waals surface area (Å²) in [6.45, 7) is 4.35. The van der Waals surface area contributed by atoms with Crippen molar-refractivity contribution in [2.75, 3.05) is 23.3 Å². The molecule has 1 aliphatic rings. The van der Waals surface area contributed by atoms with Gasteiger partial charge in [0.25, 0.3) is 11.6 Å². The summed E-state index contributed by atoms with van der Waals surface area (Å²) in [6, 6.07) is 11.4. The molecule has 0 radical (unpaired) electrons. The SMILES string of the molecule is CC1CCN(c2ccc(NC(=O)c3cc([N+](=O)[O-])ccc3Cl)cc2)CC1. The van der Waals surface area contributed by atoms with E-state index in [-0.39, 0.29) is 16.3 Å². The maximum atomic E-state index is 12.4. The number of piperidine rings is 1. The van der Waals surface area contributed by atoms with Crippen LogP contribution in [0.15, 0.2) is 42.5 Å². The third kappa shape index (κ3) is 4.14. The molecule has 0 saturated carbocycles. The van der Waals surface area contributed by atoms with Crippen LogP contribution >= 0.6 is 11.6 Å². The van der Waals surface area contributed by atoms with Crippen LogP contribution in [0.2, 0.25) is 5.02 Å². The molecule has 0 unspecified atom stereocenters. The summed E-state index contributed by atoms with van der Waals surface area (Å²) in [4.78, 5) is 25.1. The Morgan fingerprint density at radius 1 is 1.19 bits per heavy atom. The van der Waals surface area contributed by atoms with Gasteiger partial charge in [0.2, 0.25) is 0 Å². The van der Waals surface area contributed by atoms with Crippen molar-refractivity contribution in [1.29, 1.82) is 0 Å². The monoisotopic (exact) mass is 373 g/mol. The number of hydrogen-bond acceptors (Lipinski definition) is 4. The fourth-order valence-electron chi connectivity index (χ4n) is 3.02. The predicted octanol–water partition coefficient (Wildman–Crippen LogP) is 4.74. The number of nitro groups is 1. The predicted molar refractivity (Wildman–Crippen MR) is 103 cm³/mol. The highest BCUT2D eigenvalue weighted by Crippen LogP contribution is 2.26. The minimum Gasteiger partial charge on any atom is -0.372 e. The van der Waals surface area contributed by atoms with E-state index < -0.39 is 10.8 Å². The molecule has 0 aromatic heterocycles. The van der Waals surface area contributed by atoms with E-state index in [1.165, 1.54) is 31.0 Å². The largest absolute Gasteiger partial charge is 0.372 e. The standard InChI is InChI=1S/C19H20ClN3O3/c1-13-8-10-22(11-9-13)15-4-2-14(3-5-15)21-19(24)17-12-16(23(25)26)6-7-18(17)20/h2-7,12-13H,8-11H2,1H3,(H,21,24). The number of hydrogen-bond donors (Lipinski definition) is 1. The first-order valence-electron chi connectivity index (χ1n) is 8.54. The zero-order chi connectivity index (χ0) is 18.7. The number of carbonyl (C=O) groups is 1. The van der Waals surface area contributed by atoms with Crippen molar-refractivity contribution < 1.29 is 9.72 Å². The summed E-state index contributed by atoms with van der Waals surface area (Å²) in [5.74, 6) is 0.294. The fourth-order valence-corrected chi connectivity index (χ4v) is 3.22. The summed E-state index contributed by atoms with van der Waals surface area (Å²) in [5.41, 5.74) is 1.65. The summed E-state index contributed by atoms with van der Waals surface area (Å²) in [7, 11) is 0. The second-order valence-corrected chi connectivity index (χ2v) is 7.00. The van der Waals surface area contributed by atoms with E-state index in [0.717, 1.165) is 24.7 Å². The van der Waals surface area contributed by atoms with E-state index >= 15 is 0 Å². The van der Waals surface area contributed by atoms with E-state index in [2.05, 4.69) is 17.1 Å². The van der Waals surface area contributed by atoms with Crippen LogP contribution < -0.4 is 10.2 Å². The van der Waals surface area contributed by atoms with Crippen LogP contribution in [-0.2, 0) is 0 Å². The maximum Gasteiger partial charge on any atom is 0.270 e. The molecule has 0 bridgehead atoms. The van der Waals surface area contributed by atoms with Gasteiger partial charge in [-0.1, -0.05) is 18.5 Å². The van der Waals surface area contributed by atoms with Crippen molar-refractivity contribution in [3.8, 4) is 0 Å². The van der Waals surface area contributed by atoms with Gasteiger partial charge in [-0.3, -0.25) is 14.9 Å². The summed E-state index contributed by atoms with van der Waals surface area (Å²) < 4.78 is 0. The minimum absolute atomic E-state index is 0.0787.